The van der Waals surface area contributed by atoms with Crippen molar-refractivity contribution < 1.29 is 4.42 Å². The van der Waals surface area contributed by atoms with E-state index >= 15 is 0 Å². The SMILES string of the molecule is O=c1c2ccc(-c3ccccc3)cc2c2cccc3c4cc(-c5cc(-n6c7ccccc7c7ccc8c9ccccc9oc8c76)c6ccc7ccccc7c6c5)ccc4n1c23. The van der Waals surface area contributed by atoms with Crippen molar-refractivity contribution in [2.45, 2.75) is 0 Å². The smallest absolute Gasteiger partial charge is 0.263 e. The fourth-order valence-corrected chi connectivity index (χ4v) is 10.5. The third-order valence-electron chi connectivity index (χ3n) is 13.2. The van der Waals surface area contributed by atoms with Crippen LogP contribution in [0.25, 0.3) is 131 Å². The normalized spacial score (nSPS) is 12.3. The first-order chi connectivity index (χ1) is 30.2. The lowest BCUT2D eigenvalue weighted by atomic mass is 9.94. The maximum atomic E-state index is 14.5. The van der Waals surface area contributed by atoms with Crippen LogP contribution in [0.2, 0.25) is 0 Å². The van der Waals surface area contributed by atoms with Crippen molar-refractivity contribution >= 4 is 103 Å². The lowest BCUT2D eigenvalue weighted by molar-refractivity contribution is 0.671. The third kappa shape index (κ3) is 4.40. The van der Waals surface area contributed by atoms with Crippen LogP contribution in [0.4, 0.5) is 0 Å². The van der Waals surface area contributed by atoms with Crippen LogP contribution in [0.1, 0.15) is 0 Å². The lowest BCUT2D eigenvalue weighted by Gasteiger charge is -2.16. The fraction of sp³-hybridized carbons (Fsp3) is 0. The topological polar surface area (TPSA) is 39.5 Å². The van der Waals surface area contributed by atoms with E-state index in [4.69, 9.17) is 4.42 Å². The quantitative estimate of drug-likeness (QED) is 0.168. The van der Waals surface area contributed by atoms with Gasteiger partial charge in [0.2, 0.25) is 0 Å². The maximum absolute atomic E-state index is 14.5. The summed E-state index contributed by atoms with van der Waals surface area (Å²) >= 11 is 0. The van der Waals surface area contributed by atoms with E-state index in [9.17, 15) is 4.79 Å². The molecule has 10 aromatic carbocycles. The zero-order valence-electron chi connectivity index (χ0n) is 32.7. The molecule has 4 heteroatoms. The monoisotopic (exact) mass is 776 g/mol. The number of hydrogen-bond acceptors (Lipinski definition) is 2. The van der Waals surface area contributed by atoms with Gasteiger partial charge in [-0.3, -0.25) is 9.20 Å². The van der Waals surface area contributed by atoms with Gasteiger partial charge in [-0.25, -0.2) is 0 Å². The second-order valence-corrected chi connectivity index (χ2v) is 16.4. The van der Waals surface area contributed by atoms with Gasteiger partial charge in [0.25, 0.3) is 5.56 Å². The molecule has 0 fully saturated rings. The largest absolute Gasteiger partial charge is 0.454 e. The van der Waals surface area contributed by atoms with Crippen LogP contribution in [0, 0.1) is 0 Å². The molecule has 0 saturated carbocycles. The van der Waals surface area contributed by atoms with Crippen LogP contribution in [-0.4, -0.2) is 8.97 Å². The fourth-order valence-electron chi connectivity index (χ4n) is 10.5. The van der Waals surface area contributed by atoms with E-state index in [1.807, 2.05) is 22.6 Å². The molecule has 0 saturated heterocycles. The molecule has 282 valence electrons. The maximum Gasteiger partial charge on any atom is 0.263 e. The summed E-state index contributed by atoms with van der Waals surface area (Å²) in [7, 11) is 0. The molecule has 0 amide bonds. The number of nitrogens with zero attached hydrogens (tertiary/aromatic N) is 2. The van der Waals surface area contributed by atoms with Crippen LogP contribution >= 0.6 is 0 Å². The lowest BCUT2D eigenvalue weighted by Crippen LogP contribution is -2.12. The van der Waals surface area contributed by atoms with Crippen molar-refractivity contribution in [2.75, 3.05) is 0 Å². The van der Waals surface area contributed by atoms with Crippen molar-refractivity contribution in [3.63, 3.8) is 0 Å². The van der Waals surface area contributed by atoms with Crippen molar-refractivity contribution in [2.24, 2.45) is 0 Å². The van der Waals surface area contributed by atoms with Crippen LogP contribution in [0.5, 0.6) is 0 Å². The number of rotatable bonds is 3. The van der Waals surface area contributed by atoms with E-state index < -0.39 is 0 Å². The molecule has 4 heterocycles. The molecule has 0 aliphatic rings. The zero-order chi connectivity index (χ0) is 39.9. The van der Waals surface area contributed by atoms with Gasteiger partial charge in [-0.15, -0.1) is 0 Å². The summed E-state index contributed by atoms with van der Waals surface area (Å²) in [6.45, 7) is 0. The van der Waals surface area contributed by atoms with Crippen molar-refractivity contribution in [3.05, 3.63) is 204 Å². The molecule has 0 aliphatic heterocycles. The van der Waals surface area contributed by atoms with Crippen molar-refractivity contribution in [1.29, 1.82) is 0 Å². The Bertz CT molecular complexity index is 4250. The Labute approximate surface area is 347 Å². The molecular weight excluding hydrogens is 745 g/mol. The van der Waals surface area contributed by atoms with Gasteiger partial charge in [0.05, 0.1) is 27.8 Å². The highest BCUT2D eigenvalue weighted by atomic mass is 16.3. The Kier molecular flexibility index (Phi) is 6.40. The summed E-state index contributed by atoms with van der Waals surface area (Å²) in [5.41, 5.74) is 11.3. The molecule has 0 N–H and O–H groups in total. The minimum absolute atomic E-state index is 0.00351. The van der Waals surface area contributed by atoms with Crippen LogP contribution < -0.4 is 5.56 Å². The number of hydrogen-bond donors (Lipinski definition) is 0. The molecule has 0 atom stereocenters. The molecule has 0 unspecified atom stereocenters. The molecule has 14 aromatic rings. The number of aromatic nitrogens is 2. The molecule has 4 aromatic heterocycles. The number of benzene rings is 10. The summed E-state index contributed by atoms with van der Waals surface area (Å²) in [5, 5.41) is 14.2. The van der Waals surface area contributed by atoms with E-state index in [1.54, 1.807) is 0 Å². The van der Waals surface area contributed by atoms with Gasteiger partial charge in [0.1, 0.15) is 5.58 Å². The number of furan rings is 1. The average molecular weight is 777 g/mol. The highest BCUT2D eigenvalue weighted by Gasteiger charge is 2.23. The molecule has 0 aliphatic carbocycles. The van der Waals surface area contributed by atoms with E-state index in [1.165, 1.54) is 21.5 Å². The Balaban J connectivity index is 1.07. The Morgan fingerprint density at radius 3 is 1.87 bits per heavy atom. The first kappa shape index (κ1) is 32.7. The first-order valence-electron chi connectivity index (χ1n) is 20.8. The van der Waals surface area contributed by atoms with E-state index in [2.05, 4.69) is 180 Å². The summed E-state index contributed by atoms with van der Waals surface area (Å²) < 4.78 is 11.1. The van der Waals surface area contributed by atoms with Crippen molar-refractivity contribution in [3.8, 4) is 27.9 Å². The van der Waals surface area contributed by atoms with Gasteiger partial charge in [0.15, 0.2) is 5.58 Å². The van der Waals surface area contributed by atoms with Gasteiger partial charge < -0.3 is 8.98 Å². The van der Waals surface area contributed by atoms with Crippen molar-refractivity contribution in [1.82, 2.24) is 8.97 Å². The summed E-state index contributed by atoms with van der Waals surface area (Å²) in [6.07, 6.45) is 0. The first-order valence-corrected chi connectivity index (χ1v) is 20.8. The summed E-state index contributed by atoms with van der Waals surface area (Å²) in [6, 6.07) is 69.0. The second-order valence-electron chi connectivity index (χ2n) is 16.4. The molecule has 0 radical (unpaired) electrons. The van der Waals surface area contributed by atoms with E-state index in [0.29, 0.717) is 0 Å². The molecule has 0 spiro atoms. The highest BCUT2D eigenvalue weighted by Crippen LogP contribution is 2.44. The Hall–Kier alpha value is -8.21. The average Bonchev–Trinajstić information content (AvgIpc) is 3.99. The predicted molar refractivity (Wildman–Crippen MR) is 255 cm³/mol. The summed E-state index contributed by atoms with van der Waals surface area (Å²) in [5.74, 6) is 0. The van der Waals surface area contributed by atoms with Gasteiger partial charge in [-0.2, -0.15) is 0 Å². The van der Waals surface area contributed by atoms with Crippen LogP contribution in [-0.2, 0) is 0 Å². The van der Waals surface area contributed by atoms with Crippen LogP contribution in [0.3, 0.4) is 0 Å². The predicted octanol–water partition coefficient (Wildman–Crippen LogP) is 14.8. The van der Waals surface area contributed by atoms with Gasteiger partial charge in [-0.1, -0.05) is 140 Å². The van der Waals surface area contributed by atoms with Gasteiger partial charge >= 0.3 is 0 Å². The standard InChI is InChI=1S/C57H32N2O2/c60-57-46-25-22-35(33-11-2-1-3-12-33)29-48(46)42-17-10-18-43-49-30-36(23-28-51(49)59(57)54(42)43)37-31-47-38-14-5-4-13-34(38)21-24-40(47)52(32-37)58-50-19-8-6-15-39(50)44-26-27-45-41-16-7-9-20-53(41)61-56(45)55(44)58/h1-32H. The van der Waals surface area contributed by atoms with Gasteiger partial charge in [-0.05, 0) is 98.4 Å². The highest BCUT2D eigenvalue weighted by molar-refractivity contribution is 6.24. The summed E-state index contributed by atoms with van der Waals surface area (Å²) in [4.78, 5) is 14.5. The van der Waals surface area contributed by atoms with E-state index in [-0.39, 0.29) is 5.56 Å². The third-order valence-corrected chi connectivity index (χ3v) is 13.2. The number of para-hydroxylation sites is 3. The molecule has 4 nitrogen and oxygen atoms in total. The number of fused-ring (bicyclic) bond motifs is 15. The van der Waals surface area contributed by atoms with E-state index in [0.717, 1.165) is 110 Å². The molecule has 14 rings (SSSR count). The molecular formula is C57H32N2O2. The zero-order valence-corrected chi connectivity index (χ0v) is 32.7. The Morgan fingerprint density at radius 1 is 0.344 bits per heavy atom. The minimum atomic E-state index is 0.00351. The minimum Gasteiger partial charge on any atom is -0.454 e. The Morgan fingerprint density at radius 2 is 0.967 bits per heavy atom. The van der Waals surface area contributed by atoms with Gasteiger partial charge in [0, 0.05) is 48.5 Å². The molecule has 61 heavy (non-hydrogen) atoms. The van der Waals surface area contributed by atoms with Crippen LogP contribution in [0.15, 0.2) is 203 Å². The second kappa shape index (κ2) is 11.9. The number of pyridine rings is 1. The molecule has 0 bridgehead atoms.